The molecular formula is C17H23N3O5. The molecule has 1 heterocycles. The molecule has 25 heavy (non-hydrogen) atoms. The van der Waals surface area contributed by atoms with Crippen LogP contribution in [0, 0.1) is 17.0 Å². The first kappa shape index (κ1) is 18.7. The van der Waals surface area contributed by atoms with E-state index in [4.69, 9.17) is 4.74 Å². The van der Waals surface area contributed by atoms with Gasteiger partial charge >= 0.3 is 12.0 Å². The first-order chi connectivity index (χ1) is 11.9. The predicted molar refractivity (Wildman–Crippen MR) is 88.3 cm³/mol. The first-order valence-corrected chi connectivity index (χ1v) is 8.33. The van der Waals surface area contributed by atoms with Gasteiger partial charge in [0.15, 0.2) is 19.0 Å². The summed E-state index contributed by atoms with van der Waals surface area (Å²) in [6.07, 6.45) is 5.32. The van der Waals surface area contributed by atoms with Crippen molar-refractivity contribution in [2.75, 3.05) is 6.61 Å². The summed E-state index contributed by atoms with van der Waals surface area (Å²) in [5.74, 6) is -0.682. The molecule has 0 bridgehead atoms. The highest BCUT2D eigenvalue weighted by Crippen LogP contribution is 2.29. The number of carbonyl (C=O) groups is 3. The van der Waals surface area contributed by atoms with Crippen LogP contribution in [0.4, 0.5) is 4.79 Å². The van der Waals surface area contributed by atoms with Gasteiger partial charge in [-0.25, -0.2) is 9.59 Å². The molecule has 3 atom stereocenters. The van der Waals surface area contributed by atoms with Crippen molar-refractivity contribution in [1.82, 2.24) is 10.6 Å². The number of carbonyl (C=O) groups excluding carboxylic acids is 3. The van der Waals surface area contributed by atoms with E-state index < -0.39 is 24.5 Å². The Morgan fingerprint density at radius 2 is 2.08 bits per heavy atom. The SMILES string of the molecule is CC1CCCC(NC(=O)NC(=O)COC(=O)c2ccc[n+]([O-])c2)C1C. The number of imide groups is 1. The summed E-state index contributed by atoms with van der Waals surface area (Å²) >= 11 is 0. The molecule has 3 unspecified atom stereocenters. The zero-order valence-electron chi connectivity index (χ0n) is 14.4. The normalized spacial score (nSPS) is 22.7. The lowest BCUT2D eigenvalue weighted by molar-refractivity contribution is -0.605. The Kier molecular flexibility index (Phi) is 6.32. The molecule has 0 radical (unpaired) electrons. The highest BCUT2D eigenvalue weighted by molar-refractivity contribution is 5.96. The van der Waals surface area contributed by atoms with Gasteiger partial charge in [-0.1, -0.05) is 26.7 Å². The number of nitrogens with zero attached hydrogens (tertiary/aromatic N) is 1. The maximum absolute atomic E-state index is 11.9. The van der Waals surface area contributed by atoms with Gasteiger partial charge < -0.3 is 15.3 Å². The molecule has 2 rings (SSSR count). The first-order valence-electron chi connectivity index (χ1n) is 8.33. The van der Waals surface area contributed by atoms with E-state index in [0.717, 1.165) is 25.5 Å². The van der Waals surface area contributed by atoms with Crippen LogP contribution in [-0.4, -0.2) is 30.6 Å². The highest BCUT2D eigenvalue weighted by Gasteiger charge is 2.28. The lowest BCUT2D eigenvalue weighted by atomic mass is 9.78. The van der Waals surface area contributed by atoms with Crippen molar-refractivity contribution in [3.05, 3.63) is 35.3 Å². The summed E-state index contributed by atoms with van der Waals surface area (Å²) in [4.78, 5) is 35.4. The van der Waals surface area contributed by atoms with E-state index in [1.54, 1.807) is 0 Å². The summed E-state index contributed by atoms with van der Waals surface area (Å²) in [6.45, 7) is 3.63. The van der Waals surface area contributed by atoms with Crippen molar-refractivity contribution >= 4 is 17.9 Å². The molecule has 1 saturated carbocycles. The standard InChI is InChI=1S/C17H23N3O5/c1-11-5-3-7-14(12(11)2)18-17(23)19-15(21)10-25-16(22)13-6-4-8-20(24)9-13/h4,6,8-9,11-12,14H,3,5,7,10H2,1-2H3,(H2,18,19,21,23). The monoisotopic (exact) mass is 349 g/mol. The number of aromatic nitrogens is 1. The van der Waals surface area contributed by atoms with Gasteiger partial charge in [0, 0.05) is 12.1 Å². The fourth-order valence-corrected chi connectivity index (χ4v) is 2.94. The van der Waals surface area contributed by atoms with Crippen molar-refractivity contribution in [1.29, 1.82) is 0 Å². The third kappa shape index (κ3) is 5.44. The second-order valence-corrected chi connectivity index (χ2v) is 6.42. The molecule has 8 heteroatoms. The molecule has 8 nitrogen and oxygen atoms in total. The molecule has 1 aliphatic carbocycles. The largest absolute Gasteiger partial charge is 0.619 e. The molecule has 0 aliphatic heterocycles. The Morgan fingerprint density at radius 3 is 2.80 bits per heavy atom. The van der Waals surface area contributed by atoms with E-state index in [2.05, 4.69) is 24.5 Å². The van der Waals surface area contributed by atoms with Crippen molar-refractivity contribution in [2.45, 2.75) is 39.2 Å². The number of esters is 1. The lowest BCUT2D eigenvalue weighted by Crippen LogP contribution is -2.49. The van der Waals surface area contributed by atoms with Gasteiger partial charge in [0.05, 0.1) is 0 Å². The molecule has 1 fully saturated rings. The lowest BCUT2D eigenvalue weighted by Gasteiger charge is -2.34. The van der Waals surface area contributed by atoms with Gasteiger partial charge in [0.2, 0.25) is 0 Å². The smallest absolute Gasteiger partial charge is 0.344 e. The zero-order chi connectivity index (χ0) is 18.4. The number of pyridine rings is 1. The van der Waals surface area contributed by atoms with Crippen LogP contribution in [0.1, 0.15) is 43.5 Å². The van der Waals surface area contributed by atoms with Crippen molar-refractivity contribution in [3.63, 3.8) is 0 Å². The molecule has 0 spiro atoms. The molecule has 1 aromatic rings. The maximum atomic E-state index is 11.9. The predicted octanol–water partition coefficient (Wildman–Crippen LogP) is 1.13. The van der Waals surface area contributed by atoms with Gasteiger partial charge in [0.25, 0.3) is 5.91 Å². The van der Waals surface area contributed by atoms with E-state index in [9.17, 15) is 19.6 Å². The minimum Gasteiger partial charge on any atom is -0.619 e. The molecular weight excluding hydrogens is 326 g/mol. The van der Waals surface area contributed by atoms with E-state index in [0.29, 0.717) is 16.6 Å². The van der Waals surface area contributed by atoms with Crippen LogP contribution in [-0.2, 0) is 9.53 Å². The van der Waals surface area contributed by atoms with Crippen molar-refractivity contribution in [2.24, 2.45) is 11.8 Å². The molecule has 0 saturated heterocycles. The Balaban J connectivity index is 1.76. The third-order valence-electron chi connectivity index (χ3n) is 4.62. The fraction of sp³-hybridized carbons (Fsp3) is 0.529. The van der Waals surface area contributed by atoms with E-state index in [1.165, 1.54) is 18.3 Å². The molecule has 2 N–H and O–H groups in total. The van der Waals surface area contributed by atoms with E-state index in [-0.39, 0.29) is 11.6 Å². The van der Waals surface area contributed by atoms with Gasteiger partial charge in [-0.15, -0.1) is 0 Å². The molecule has 1 aliphatic rings. The summed E-state index contributed by atoms with van der Waals surface area (Å²) in [7, 11) is 0. The van der Waals surface area contributed by atoms with Crippen LogP contribution in [0.15, 0.2) is 24.5 Å². The van der Waals surface area contributed by atoms with Crippen LogP contribution in [0.25, 0.3) is 0 Å². The van der Waals surface area contributed by atoms with Crippen LogP contribution in [0.5, 0.6) is 0 Å². The maximum Gasteiger partial charge on any atom is 0.344 e. The van der Waals surface area contributed by atoms with Crippen molar-refractivity contribution in [3.8, 4) is 0 Å². The molecule has 3 amide bonds. The molecule has 0 aromatic carbocycles. The van der Waals surface area contributed by atoms with Gasteiger partial charge in [-0.05, 0) is 24.3 Å². The number of ether oxygens (including phenoxy) is 1. The van der Waals surface area contributed by atoms with Gasteiger partial charge in [-0.3, -0.25) is 10.1 Å². The van der Waals surface area contributed by atoms with Crippen LogP contribution in [0.3, 0.4) is 0 Å². The number of rotatable bonds is 4. The second kappa shape index (κ2) is 8.46. The summed E-state index contributed by atoms with van der Waals surface area (Å²) in [5, 5.41) is 16.0. The number of amides is 3. The Hall–Kier alpha value is -2.64. The highest BCUT2D eigenvalue weighted by atomic mass is 16.5. The van der Waals surface area contributed by atoms with Gasteiger partial charge in [0.1, 0.15) is 5.56 Å². The third-order valence-corrected chi connectivity index (χ3v) is 4.62. The van der Waals surface area contributed by atoms with Crippen molar-refractivity contribution < 1.29 is 23.9 Å². The topological polar surface area (TPSA) is 111 Å². The molecule has 1 aromatic heterocycles. The van der Waals surface area contributed by atoms with Gasteiger partial charge in [-0.2, -0.15) is 4.73 Å². The number of urea groups is 1. The number of hydrogen-bond acceptors (Lipinski definition) is 5. The fourth-order valence-electron chi connectivity index (χ4n) is 2.94. The number of nitrogens with one attached hydrogen (secondary N) is 2. The Labute approximate surface area is 146 Å². The van der Waals surface area contributed by atoms with Crippen LogP contribution >= 0.6 is 0 Å². The Bertz CT molecular complexity index is 649. The summed E-state index contributed by atoms with van der Waals surface area (Å²) in [6, 6.07) is 2.22. The number of hydrogen-bond donors (Lipinski definition) is 2. The quantitative estimate of drug-likeness (QED) is 0.481. The average molecular weight is 349 g/mol. The van der Waals surface area contributed by atoms with E-state index in [1.807, 2.05) is 0 Å². The molecule has 136 valence electrons. The minimum atomic E-state index is -0.810. The average Bonchev–Trinajstić information content (AvgIpc) is 2.56. The minimum absolute atomic E-state index is 0.0240. The summed E-state index contributed by atoms with van der Waals surface area (Å²) in [5.41, 5.74) is 0.0276. The van der Waals surface area contributed by atoms with Crippen LogP contribution in [0.2, 0.25) is 0 Å². The van der Waals surface area contributed by atoms with E-state index >= 15 is 0 Å². The second-order valence-electron chi connectivity index (χ2n) is 6.42. The van der Waals surface area contributed by atoms with Crippen LogP contribution < -0.4 is 15.4 Å². The Morgan fingerprint density at radius 1 is 1.32 bits per heavy atom. The summed E-state index contributed by atoms with van der Waals surface area (Å²) < 4.78 is 5.25. The zero-order valence-corrected chi connectivity index (χ0v) is 14.4.